The van der Waals surface area contributed by atoms with E-state index in [2.05, 4.69) is 13.8 Å². The average molecular weight is 400 g/mol. The van der Waals surface area contributed by atoms with E-state index >= 15 is 0 Å². The second-order valence-electron chi connectivity index (χ2n) is 6.93. The summed E-state index contributed by atoms with van der Waals surface area (Å²) in [6.07, 6.45) is 0.892. The Balaban J connectivity index is 2.11. The molecule has 124 valence electrons. The van der Waals surface area contributed by atoms with Crippen molar-refractivity contribution in [2.45, 2.75) is 19.3 Å². The molecular weight excluding hydrogens is 387 g/mol. The van der Waals surface area contributed by atoms with Gasteiger partial charge in [-0.1, -0.05) is 0 Å². The zero-order chi connectivity index (χ0) is 17.5. The predicted octanol–water partition coefficient (Wildman–Crippen LogP) is 4.57. The minimum absolute atomic E-state index is 0.177. The van der Waals surface area contributed by atoms with Crippen LogP contribution in [0.4, 0.5) is 8.78 Å². The second kappa shape index (κ2) is 4.69. The van der Waals surface area contributed by atoms with Gasteiger partial charge in [-0.2, -0.15) is 0 Å². The predicted molar refractivity (Wildman–Crippen MR) is 95.2 cm³/mol. The minimum atomic E-state index is -0.591. The molecule has 2 nitrogen and oxygen atoms in total. The van der Waals surface area contributed by atoms with Crippen LogP contribution in [0.15, 0.2) is 36.4 Å². The van der Waals surface area contributed by atoms with Crippen LogP contribution < -0.4 is 0 Å². The summed E-state index contributed by atoms with van der Waals surface area (Å²) in [5.74, 6) is -1.14. The summed E-state index contributed by atoms with van der Waals surface area (Å²) >= 11 is -0.177. The third kappa shape index (κ3) is 1.75. The standard InChI is InChI=1S/C20H13F2NOSe/c1-20(2)13-5-3-4-12-17-15(22)6-10(21)7-16(17)23(18(12)13)19-14(20)8-11(9-24)25-19/h3-9H,1-2H3. The molecule has 5 rings (SSSR count). The molecule has 0 unspecified atom stereocenters. The molecule has 1 aliphatic heterocycles. The molecule has 0 N–H and O–H groups in total. The van der Waals surface area contributed by atoms with Crippen LogP contribution in [0, 0.1) is 11.6 Å². The van der Waals surface area contributed by atoms with Crippen molar-refractivity contribution in [3.63, 3.8) is 0 Å². The van der Waals surface area contributed by atoms with Gasteiger partial charge in [-0.3, -0.25) is 0 Å². The topological polar surface area (TPSA) is 22.0 Å². The van der Waals surface area contributed by atoms with Crippen molar-refractivity contribution in [3.8, 4) is 4.56 Å². The van der Waals surface area contributed by atoms with Crippen LogP contribution in [0.25, 0.3) is 26.4 Å². The molecule has 5 heteroatoms. The summed E-state index contributed by atoms with van der Waals surface area (Å²) in [5, 5.41) is 1.23. The van der Waals surface area contributed by atoms with Crippen LogP contribution in [0.2, 0.25) is 0 Å². The van der Waals surface area contributed by atoms with Crippen molar-refractivity contribution in [2.24, 2.45) is 0 Å². The monoisotopic (exact) mass is 401 g/mol. The van der Waals surface area contributed by atoms with E-state index in [0.717, 1.165) is 43.4 Å². The number of benzene rings is 2. The molecule has 0 saturated heterocycles. The second-order valence-corrected chi connectivity index (χ2v) is 9.16. The first-order chi connectivity index (χ1) is 11.9. The fourth-order valence-corrected chi connectivity index (χ4v) is 6.46. The Hall–Kier alpha value is -2.23. The van der Waals surface area contributed by atoms with E-state index in [4.69, 9.17) is 0 Å². The van der Waals surface area contributed by atoms with E-state index in [1.807, 2.05) is 28.8 Å². The maximum absolute atomic E-state index is 14.6. The molecule has 0 aliphatic carbocycles. The van der Waals surface area contributed by atoms with E-state index in [0.29, 0.717) is 10.9 Å². The van der Waals surface area contributed by atoms with Gasteiger partial charge in [-0.15, -0.1) is 0 Å². The molecule has 3 heterocycles. The molecule has 1 aliphatic rings. The number of halogens is 2. The van der Waals surface area contributed by atoms with Crippen LogP contribution in [0.3, 0.4) is 0 Å². The van der Waals surface area contributed by atoms with E-state index in [-0.39, 0.29) is 19.9 Å². The number of para-hydroxylation sites is 1. The van der Waals surface area contributed by atoms with Gasteiger partial charge in [0.2, 0.25) is 0 Å². The third-order valence-electron chi connectivity index (χ3n) is 5.20. The van der Waals surface area contributed by atoms with E-state index in [1.165, 1.54) is 6.07 Å². The molecule has 2 aromatic heterocycles. The third-order valence-corrected chi connectivity index (χ3v) is 7.40. The molecule has 2 aromatic carbocycles. The van der Waals surface area contributed by atoms with Crippen LogP contribution in [-0.4, -0.2) is 25.4 Å². The van der Waals surface area contributed by atoms with Gasteiger partial charge in [0.25, 0.3) is 0 Å². The first-order valence-corrected chi connectivity index (χ1v) is 9.67. The number of aromatic nitrogens is 1. The van der Waals surface area contributed by atoms with Gasteiger partial charge in [0.1, 0.15) is 0 Å². The number of hydrogen-bond acceptors (Lipinski definition) is 1. The van der Waals surface area contributed by atoms with Crippen molar-refractivity contribution >= 4 is 42.6 Å². The number of aldehydes is 1. The van der Waals surface area contributed by atoms with Crippen LogP contribution in [-0.2, 0) is 5.41 Å². The van der Waals surface area contributed by atoms with Crippen molar-refractivity contribution in [2.75, 3.05) is 0 Å². The van der Waals surface area contributed by atoms with Crippen molar-refractivity contribution in [1.82, 2.24) is 4.57 Å². The van der Waals surface area contributed by atoms with Crippen molar-refractivity contribution in [1.29, 1.82) is 0 Å². The Morgan fingerprint density at radius 3 is 2.68 bits per heavy atom. The molecule has 0 saturated carbocycles. The molecule has 0 radical (unpaired) electrons. The first kappa shape index (κ1) is 15.1. The summed E-state index contributed by atoms with van der Waals surface area (Å²) in [7, 11) is 0. The van der Waals surface area contributed by atoms with Crippen LogP contribution in [0.5, 0.6) is 0 Å². The van der Waals surface area contributed by atoms with Gasteiger partial charge < -0.3 is 0 Å². The summed E-state index contributed by atoms with van der Waals surface area (Å²) in [6.45, 7) is 4.24. The van der Waals surface area contributed by atoms with E-state index < -0.39 is 11.6 Å². The molecule has 0 spiro atoms. The van der Waals surface area contributed by atoms with Gasteiger partial charge in [0, 0.05) is 0 Å². The van der Waals surface area contributed by atoms with Crippen LogP contribution in [0.1, 0.15) is 34.2 Å². The Bertz CT molecular complexity index is 1220. The Labute approximate surface area is 148 Å². The number of hydrogen-bond donors (Lipinski definition) is 0. The zero-order valence-corrected chi connectivity index (χ0v) is 15.3. The Morgan fingerprint density at radius 1 is 1.12 bits per heavy atom. The fourth-order valence-electron chi connectivity index (χ4n) is 4.04. The zero-order valence-electron chi connectivity index (χ0n) is 13.6. The van der Waals surface area contributed by atoms with Gasteiger partial charge >= 0.3 is 148 Å². The molecule has 0 fully saturated rings. The SMILES string of the molecule is CC1(C)c2cc(C=O)[se]c2-n2c3cc(F)cc(F)c3c3cccc1c32. The van der Waals surface area contributed by atoms with Gasteiger partial charge in [0.05, 0.1) is 0 Å². The van der Waals surface area contributed by atoms with E-state index in [9.17, 15) is 13.6 Å². The number of rotatable bonds is 1. The normalized spacial score (nSPS) is 14.9. The Morgan fingerprint density at radius 2 is 1.92 bits per heavy atom. The summed E-state index contributed by atoms with van der Waals surface area (Å²) in [5.41, 5.74) is 3.30. The van der Waals surface area contributed by atoms with Crippen molar-refractivity contribution in [3.05, 3.63) is 63.6 Å². The van der Waals surface area contributed by atoms with E-state index in [1.54, 1.807) is 0 Å². The first-order valence-electron chi connectivity index (χ1n) is 7.96. The molecule has 25 heavy (non-hydrogen) atoms. The Kier molecular flexibility index (Phi) is 2.82. The van der Waals surface area contributed by atoms with Gasteiger partial charge in [-0.25, -0.2) is 0 Å². The average Bonchev–Trinajstić information content (AvgIpc) is 3.12. The number of nitrogens with zero attached hydrogens (tertiary/aromatic N) is 1. The van der Waals surface area contributed by atoms with Crippen molar-refractivity contribution < 1.29 is 13.6 Å². The fraction of sp³-hybridized carbons (Fsp3) is 0.150. The number of carbonyl (C=O) groups excluding carboxylic acids is 1. The quantitative estimate of drug-likeness (QED) is 0.339. The summed E-state index contributed by atoms with van der Waals surface area (Å²) < 4.78 is 32.3. The summed E-state index contributed by atoms with van der Waals surface area (Å²) in [6, 6.07) is 10.1. The molecule has 0 atom stereocenters. The number of fused-ring (bicyclic) bond motifs is 5. The van der Waals surface area contributed by atoms with Gasteiger partial charge in [0.15, 0.2) is 0 Å². The molecular formula is C20H13F2NOSe. The number of carbonyl (C=O) groups is 1. The summed E-state index contributed by atoms with van der Waals surface area (Å²) in [4.78, 5) is 11.4. The molecule has 0 amide bonds. The van der Waals surface area contributed by atoms with Crippen LogP contribution >= 0.6 is 0 Å². The van der Waals surface area contributed by atoms with Gasteiger partial charge in [-0.05, 0) is 0 Å². The molecule has 4 aromatic rings. The molecule has 0 bridgehead atoms. The maximum atomic E-state index is 14.6.